The van der Waals surface area contributed by atoms with Gasteiger partial charge in [-0.1, -0.05) is 0 Å². The van der Waals surface area contributed by atoms with Crippen molar-refractivity contribution in [3.8, 4) is 5.75 Å². The van der Waals surface area contributed by atoms with E-state index in [9.17, 15) is 4.79 Å². The van der Waals surface area contributed by atoms with Crippen molar-refractivity contribution in [1.29, 1.82) is 0 Å². The van der Waals surface area contributed by atoms with Gasteiger partial charge >= 0.3 is 0 Å². The number of hydrogen-bond acceptors (Lipinski definition) is 3. The highest BCUT2D eigenvalue weighted by atomic mass is 127. The number of anilines is 1. The van der Waals surface area contributed by atoms with Crippen molar-refractivity contribution >= 4 is 61.5 Å². The van der Waals surface area contributed by atoms with Crippen LogP contribution in [0, 0.1) is 3.57 Å². The molecule has 0 aliphatic heterocycles. The van der Waals surface area contributed by atoms with Gasteiger partial charge < -0.3 is 10.1 Å². The van der Waals surface area contributed by atoms with Crippen LogP contribution in [-0.2, 0) is 0 Å². The average molecular weight is 438 g/mol. The Labute approximate surface area is 131 Å². The van der Waals surface area contributed by atoms with E-state index in [0.29, 0.717) is 10.6 Å². The lowest BCUT2D eigenvalue weighted by Crippen LogP contribution is -2.10. The van der Waals surface area contributed by atoms with Gasteiger partial charge in [-0.25, -0.2) is 0 Å². The number of methoxy groups -OCH3 is 1. The van der Waals surface area contributed by atoms with Crippen LogP contribution in [0.3, 0.4) is 0 Å². The Bertz CT molecular complexity index is 585. The molecular weight excluding hydrogens is 429 g/mol. The van der Waals surface area contributed by atoms with Gasteiger partial charge in [0.05, 0.1) is 17.7 Å². The molecular formula is C12H9BrINO2S. The highest BCUT2D eigenvalue weighted by molar-refractivity contribution is 14.1. The van der Waals surface area contributed by atoms with E-state index in [-0.39, 0.29) is 5.91 Å². The van der Waals surface area contributed by atoms with Crippen molar-refractivity contribution in [3.63, 3.8) is 0 Å². The quantitative estimate of drug-likeness (QED) is 0.723. The molecule has 1 aromatic heterocycles. The molecule has 18 heavy (non-hydrogen) atoms. The number of rotatable bonds is 3. The van der Waals surface area contributed by atoms with Gasteiger partial charge in [0.25, 0.3) is 5.91 Å². The third kappa shape index (κ3) is 3.24. The summed E-state index contributed by atoms with van der Waals surface area (Å²) in [5.74, 6) is 0.567. The van der Waals surface area contributed by atoms with E-state index in [2.05, 4.69) is 43.8 Å². The summed E-state index contributed by atoms with van der Waals surface area (Å²) in [6.45, 7) is 0. The fourth-order valence-electron chi connectivity index (χ4n) is 1.32. The van der Waals surface area contributed by atoms with Crippen molar-refractivity contribution in [1.82, 2.24) is 0 Å². The Morgan fingerprint density at radius 1 is 1.44 bits per heavy atom. The molecule has 2 aromatic rings. The summed E-state index contributed by atoms with van der Waals surface area (Å²) in [6, 6.07) is 7.51. The molecule has 1 aromatic carbocycles. The molecule has 0 bridgehead atoms. The summed E-state index contributed by atoms with van der Waals surface area (Å²) in [5.41, 5.74) is 0.763. The van der Waals surface area contributed by atoms with Gasteiger partial charge in [0.2, 0.25) is 0 Å². The SMILES string of the molecule is COc1csc(C(=O)Nc2cc(I)ccc2Br)c1. The summed E-state index contributed by atoms with van der Waals surface area (Å²) >= 11 is 6.97. The molecule has 0 saturated carbocycles. The van der Waals surface area contributed by atoms with E-state index >= 15 is 0 Å². The van der Waals surface area contributed by atoms with E-state index in [1.165, 1.54) is 11.3 Å². The Morgan fingerprint density at radius 2 is 2.22 bits per heavy atom. The van der Waals surface area contributed by atoms with Gasteiger partial charge in [-0.15, -0.1) is 11.3 Å². The van der Waals surface area contributed by atoms with Gasteiger partial charge in [-0.2, -0.15) is 0 Å². The zero-order chi connectivity index (χ0) is 13.1. The minimum absolute atomic E-state index is 0.133. The predicted molar refractivity (Wildman–Crippen MR) is 85.7 cm³/mol. The first-order valence-corrected chi connectivity index (χ1v) is 7.74. The zero-order valence-corrected chi connectivity index (χ0v) is 13.9. The molecule has 94 valence electrons. The third-order valence-electron chi connectivity index (χ3n) is 2.21. The molecule has 0 saturated heterocycles. The van der Waals surface area contributed by atoms with Crippen LogP contribution in [-0.4, -0.2) is 13.0 Å². The van der Waals surface area contributed by atoms with Crippen molar-refractivity contribution in [2.45, 2.75) is 0 Å². The van der Waals surface area contributed by atoms with Gasteiger partial charge in [0.15, 0.2) is 0 Å². The smallest absolute Gasteiger partial charge is 0.265 e. The Morgan fingerprint density at radius 3 is 2.89 bits per heavy atom. The summed E-state index contributed by atoms with van der Waals surface area (Å²) in [7, 11) is 1.58. The average Bonchev–Trinajstić information content (AvgIpc) is 2.82. The van der Waals surface area contributed by atoms with Crippen molar-refractivity contribution in [2.75, 3.05) is 12.4 Å². The zero-order valence-electron chi connectivity index (χ0n) is 9.37. The molecule has 3 nitrogen and oxygen atoms in total. The van der Waals surface area contributed by atoms with Crippen molar-refractivity contribution in [3.05, 3.63) is 42.6 Å². The largest absolute Gasteiger partial charge is 0.496 e. The fraction of sp³-hybridized carbons (Fsp3) is 0.0833. The molecule has 0 unspecified atom stereocenters. The van der Waals surface area contributed by atoms with E-state index < -0.39 is 0 Å². The molecule has 0 aliphatic rings. The fourth-order valence-corrected chi connectivity index (χ4v) is 2.91. The van der Waals surface area contributed by atoms with Crippen LogP contribution in [0.25, 0.3) is 0 Å². The lowest BCUT2D eigenvalue weighted by Gasteiger charge is -2.06. The Hall–Kier alpha value is -0.600. The second-order valence-electron chi connectivity index (χ2n) is 3.43. The second-order valence-corrected chi connectivity index (χ2v) is 6.44. The maximum Gasteiger partial charge on any atom is 0.265 e. The lowest BCUT2D eigenvalue weighted by atomic mass is 10.3. The van der Waals surface area contributed by atoms with Crippen LogP contribution in [0.5, 0.6) is 5.75 Å². The maximum atomic E-state index is 12.0. The standard InChI is InChI=1S/C12H9BrINO2S/c1-17-8-5-11(18-6-8)12(16)15-10-4-7(14)2-3-9(10)13/h2-6H,1H3,(H,15,16). The number of nitrogens with one attached hydrogen (secondary N) is 1. The number of ether oxygens (including phenoxy) is 1. The lowest BCUT2D eigenvalue weighted by molar-refractivity contribution is 0.103. The van der Waals surface area contributed by atoms with E-state index in [1.807, 2.05) is 18.2 Å². The minimum Gasteiger partial charge on any atom is -0.496 e. The molecule has 0 spiro atoms. The van der Waals surface area contributed by atoms with Gasteiger partial charge in [-0.05, 0) is 56.7 Å². The van der Waals surface area contributed by atoms with Crippen LogP contribution in [0.4, 0.5) is 5.69 Å². The minimum atomic E-state index is -0.133. The number of carbonyl (C=O) groups is 1. The first-order chi connectivity index (χ1) is 8.60. The molecule has 1 N–H and O–H groups in total. The van der Waals surface area contributed by atoms with E-state index in [1.54, 1.807) is 18.6 Å². The molecule has 6 heteroatoms. The topological polar surface area (TPSA) is 38.3 Å². The number of amides is 1. The Kier molecular flexibility index (Phi) is 4.63. The molecule has 0 fully saturated rings. The van der Waals surface area contributed by atoms with Crippen LogP contribution in [0.1, 0.15) is 9.67 Å². The summed E-state index contributed by atoms with van der Waals surface area (Å²) < 4.78 is 6.98. The summed E-state index contributed by atoms with van der Waals surface area (Å²) in [5, 5.41) is 4.67. The molecule has 1 heterocycles. The van der Waals surface area contributed by atoms with E-state index in [0.717, 1.165) is 13.7 Å². The van der Waals surface area contributed by atoms with Crippen LogP contribution >= 0.6 is 49.9 Å². The van der Waals surface area contributed by atoms with Crippen molar-refractivity contribution in [2.24, 2.45) is 0 Å². The molecule has 0 atom stereocenters. The van der Waals surface area contributed by atoms with Crippen LogP contribution in [0.2, 0.25) is 0 Å². The molecule has 2 rings (SSSR count). The highest BCUT2D eigenvalue weighted by Crippen LogP contribution is 2.27. The Balaban J connectivity index is 2.18. The number of carbonyl (C=O) groups excluding carboxylic acids is 1. The summed E-state index contributed by atoms with van der Waals surface area (Å²) in [6.07, 6.45) is 0. The first-order valence-electron chi connectivity index (χ1n) is 4.99. The monoisotopic (exact) mass is 437 g/mol. The normalized spacial score (nSPS) is 10.2. The third-order valence-corrected chi connectivity index (χ3v) is 4.48. The molecule has 0 radical (unpaired) electrons. The van der Waals surface area contributed by atoms with Crippen molar-refractivity contribution < 1.29 is 9.53 Å². The molecule has 0 aliphatic carbocycles. The first kappa shape index (κ1) is 13.8. The van der Waals surface area contributed by atoms with E-state index in [4.69, 9.17) is 4.74 Å². The number of hydrogen-bond donors (Lipinski definition) is 1. The van der Waals surface area contributed by atoms with Crippen LogP contribution < -0.4 is 10.1 Å². The van der Waals surface area contributed by atoms with Gasteiger partial charge in [0.1, 0.15) is 5.75 Å². The maximum absolute atomic E-state index is 12.0. The highest BCUT2D eigenvalue weighted by Gasteiger charge is 2.11. The number of halogens is 2. The number of thiophene rings is 1. The summed E-state index contributed by atoms with van der Waals surface area (Å²) in [4.78, 5) is 12.7. The van der Waals surface area contributed by atoms with Gasteiger partial charge in [0, 0.05) is 19.5 Å². The molecule has 1 amide bonds. The second kappa shape index (κ2) is 6.03. The van der Waals surface area contributed by atoms with Gasteiger partial charge in [-0.3, -0.25) is 4.79 Å². The predicted octanol–water partition coefficient (Wildman–Crippen LogP) is 4.38. The number of benzene rings is 1. The van der Waals surface area contributed by atoms with Crippen LogP contribution in [0.15, 0.2) is 34.1 Å².